The van der Waals surface area contributed by atoms with Crippen molar-refractivity contribution in [1.82, 2.24) is 14.5 Å². The van der Waals surface area contributed by atoms with E-state index in [0.717, 1.165) is 37.7 Å². The number of fused-ring (bicyclic) bond motifs is 1. The van der Waals surface area contributed by atoms with Crippen molar-refractivity contribution in [2.75, 3.05) is 6.54 Å². The molecule has 1 heterocycles. The third kappa shape index (κ3) is 4.84. The van der Waals surface area contributed by atoms with Crippen LogP contribution in [-0.4, -0.2) is 54.0 Å². The van der Waals surface area contributed by atoms with Crippen molar-refractivity contribution < 1.29 is 22.8 Å². The minimum Gasteiger partial charge on any atom is -0.352 e. The van der Waals surface area contributed by atoms with E-state index in [9.17, 15) is 22.8 Å². The third-order valence-corrected chi connectivity index (χ3v) is 8.29. The summed E-state index contributed by atoms with van der Waals surface area (Å²) in [4.78, 5) is 40.5. The SMILES string of the molecule is C[C@H](C(=O)NC1CCCCC1)N(Cc1ccccc1)C(=O)CN1C(=O)c2ccccc2S1(=O)=O. The lowest BCUT2D eigenvalue weighted by Gasteiger charge is -2.32. The molecular formula is C25H29N3O5S. The molecule has 2 aromatic carbocycles. The highest BCUT2D eigenvalue weighted by Gasteiger charge is 2.43. The maximum Gasteiger partial charge on any atom is 0.269 e. The second-order valence-electron chi connectivity index (χ2n) is 8.84. The van der Waals surface area contributed by atoms with Gasteiger partial charge in [0.05, 0.1) is 5.56 Å². The molecule has 34 heavy (non-hydrogen) atoms. The van der Waals surface area contributed by atoms with Crippen molar-refractivity contribution in [1.29, 1.82) is 0 Å². The first kappa shape index (κ1) is 23.9. The van der Waals surface area contributed by atoms with Crippen LogP contribution in [-0.2, 0) is 26.2 Å². The van der Waals surface area contributed by atoms with E-state index in [1.54, 1.807) is 13.0 Å². The topological polar surface area (TPSA) is 104 Å². The number of benzene rings is 2. The van der Waals surface area contributed by atoms with E-state index in [0.29, 0.717) is 4.31 Å². The quantitative estimate of drug-likeness (QED) is 0.652. The van der Waals surface area contributed by atoms with E-state index in [-0.39, 0.29) is 29.0 Å². The third-order valence-electron chi connectivity index (χ3n) is 6.51. The molecule has 0 bridgehead atoms. The van der Waals surface area contributed by atoms with Crippen molar-refractivity contribution >= 4 is 27.7 Å². The van der Waals surface area contributed by atoms with E-state index in [1.165, 1.54) is 23.1 Å². The summed E-state index contributed by atoms with van der Waals surface area (Å²) in [5.41, 5.74) is 0.847. The number of hydrogen-bond acceptors (Lipinski definition) is 5. The Morgan fingerprint density at radius 1 is 1.03 bits per heavy atom. The van der Waals surface area contributed by atoms with Gasteiger partial charge in [-0.15, -0.1) is 0 Å². The number of nitrogens with one attached hydrogen (secondary N) is 1. The molecule has 0 saturated heterocycles. The smallest absolute Gasteiger partial charge is 0.269 e. The lowest BCUT2D eigenvalue weighted by atomic mass is 9.95. The van der Waals surface area contributed by atoms with Gasteiger partial charge in [0, 0.05) is 12.6 Å². The molecule has 3 amide bonds. The van der Waals surface area contributed by atoms with E-state index >= 15 is 0 Å². The molecule has 1 fully saturated rings. The molecule has 1 aliphatic heterocycles. The zero-order chi connectivity index (χ0) is 24.3. The largest absolute Gasteiger partial charge is 0.352 e. The van der Waals surface area contributed by atoms with Crippen LogP contribution in [0, 0.1) is 0 Å². The predicted octanol–water partition coefficient (Wildman–Crippen LogP) is 2.70. The molecule has 180 valence electrons. The van der Waals surface area contributed by atoms with Crippen molar-refractivity contribution in [3.63, 3.8) is 0 Å². The average Bonchev–Trinajstić information content (AvgIpc) is 3.04. The van der Waals surface area contributed by atoms with Gasteiger partial charge in [0.2, 0.25) is 11.8 Å². The molecule has 1 aliphatic carbocycles. The number of nitrogens with zero attached hydrogens (tertiary/aromatic N) is 2. The Labute approximate surface area is 200 Å². The maximum atomic E-state index is 13.4. The minimum atomic E-state index is -4.13. The van der Waals surface area contributed by atoms with Gasteiger partial charge in [0.1, 0.15) is 17.5 Å². The minimum absolute atomic E-state index is 0.0491. The molecule has 2 aliphatic rings. The Balaban J connectivity index is 1.55. The van der Waals surface area contributed by atoms with Gasteiger partial charge < -0.3 is 10.2 Å². The summed E-state index contributed by atoms with van der Waals surface area (Å²) >= 11 is 0. The number of carbonyl (C=O) groups is 3. The van der Waals surface area contributed by atoms with Crippen molar-refractivity contribution in [2.45, 2.75) is 62.6 Å². The fourth-order valence-electron chi connectivity index (χ4n) is 4.53. The maximum absolute atomic E-state index is 13.4. The van der Waals surface area contributed by atoms with Crippen LogP contribution >= 0.6 is 0 Å². The molecule has 1 N–H and O–H groups in total. The second kappa shape index (κ2) is 9.97. The lowest BCUT2D eigenvalue weighted by molar-refractivity contribution is -0.140. The standard InChI is InChI=1S/C25H29N3O5S/c1-18(24(30)26-20-12-6-3-7-13-20)27(16-19-10-4-2-5-11-19)23(29)17-28-25(31)21-14-8-9-15-22(21)34(28,32)33/h2,4-5,8-11,14-15,18,20H,3,6-7,12-13,16-17H2,1H3,(H,26,30)/t18-/m1/s1. The van der Waals surface area contributed by atoms with Gasteiger partial charge in [-0.05, 0) is 37.5 Å². The number of amides is 3. The molecule has 0 unspecified atom stereocenters. The van der Waals surface area contributed by atoms with Gasteiger partial charge in [-0.25, -0.2) is 12.7 Å². The highest BCUT2D eigenvalue weighted by Crippen LogP contribution is 2.30. The summed E-state index contributed by atoms with van der Waals surface area (Å²) in [5, 5.41) is 3.04. The summed E-state index contributed by atoms with van der Waals surface area (Å²) < 4.78 is 26.5. The van der Waals surface area contributed by atoms with Crippen LogP contribution in [0.2, 0.25) is 0 Å². The average molecular weight is 484 g/mol. The van der Waals surface area contributed by atoms with Gasteiger partial charge >= 0.3 is 0 Å². The number of carbonyl (C=O) groups excluding carboxylic acids is 3. The summed E-state index contributed by atoms with van der Waals surface area (Å²) in [5.74, 6) is -1.63. The van der Waals surface area contributed by atoms with Crippen LogP contribution in [0.3, 0.4) is 0 Å². The molecule has 0 spiro atoms. The summed E-state index contributed by atoms with van der Waals surface area (Å²) in [6.45, 7) is 1.09. The van der Waals surface area contributed by atoms with Crippen LogP contribution in [0.25, 0.3) is 0 Å². The highest BCUT2D eigenvalue weighted by molar-refractivity contribution is 7.90. The molecule has 0 radical (unpaired) electrons. The molecular weight excluding hydrogens is 454 g/mol. The number of hydrogen-bond donors (Lipinski definition) is 1. The fourth-order valence-corrected chi connectivity index (χ4v) is 6.05. The fraction of sp³-hybridized carbons (Fsp3) is 0.400. The Kier molecular flexibility index (Phi) is 7.02. The number of rotatable bonds is 7. The van der Waals surface area contributed by atoms with E-state index < -0.39 is 34.4 Å². The molecule has 9 heteroatoms. The highest BCUT2D eigenvalue weighted by atomic mass is 32.2. The zero-order valence-electron chi connectivity index (χ0n) is 19.1. The van der Waals surface area contributed by atoms with E-state index in [1.807, 2.05) is 30.3 Å². The van der Waals surface area contributed by atoms with Crippen LogP contribution < -0.4 is 5.32 Å². The van der Waals surface area contributed by atoms with Gasteiger partial charge in [-0.2, -0.15) is 0 Å². The molecule has 8 nitrogen and oxygen atoms in total. The molecule has 2 aromatic rings. The summed E-state index contributed by atoms with van der Waals surface area (Å²) in [6, 6.07) is 14.3. The predicted molar refractivity (Wildman–Crippen MR) is 126 cm³/mol. The van der Waals surface area contributed by atoms with Gasteiger partial charge in [0.25, 0.3) is 15.9 Å². The normalized spacial score (nSPS) is 18.3. The first-order valence-electron chi connectivity index (χ1n) is 11.6. The Morgan fingerprint density at radius 3 is 2.35 bits per heavy atom. The zero-order valence-corrected chi connectivity index (χ0v) is 20.0. The Morgan fingerprint density at radius 2 is 1.68 bits per heavy atom. The van der Waals surface area contributed by atoms with Crippen LogP contribution in [0.5, 0.6) is 0 Å². The van der Waals surface area contributed by atoms with Crippen molar-refractivity contribution in [2.24, 2.45) is 0 Å². The van der Waals surface area contributed by atoms with Crippen LogP contribution in [0.15, 0.2) is 59.5 Å². The second-order valence-corrected chi connectivity index (χ2v) is 10.7. The first-order chi connectivity index (χ1) is 16.3. The van der Waals surface area contributed by atoms with Gasteiger partial charge in [-0.1, -0.05) is 61.7 Å². The van der Waals surface area contributed by atoms with Crippen LogP contribution in [0.1, 0.15) is 54.9 Å². The van der Waals surface area contributed by atoms with Crippen LogP contribution in [0.4, 0.5) is 0 Å². The number of sulfonamides is 1. The monoisotopic (exact) mass is 483 g/mol. The van der Waals surface area contributed by atoms with E-state index in [2.05, 4.69) is 5.32 Å². The first-order valence-corrected chi connectivity index (χ1v) is 13.0. The lowest BCUT2D eigenvalue weighted by Crippen LogP contribution is -2.52. The summed E-state index contributed by atoms with van der Waals surface area (Å²) in [6.07, 6.45) is 5.08. The van der Waals surface area contributed by atoms with Gasteiger partial charge in [-0.3, -0.25) is 14.4 Å². The molecule has 0 aromatic heterocycles. The van der Waals surface area contributed by atoms with Gasteiger partial charge in [0.15, 0.2) is 0 Å². The Bertz CT molecular complexity index is 1180. The van der Waals surface area contributed by atoms with E-state index in [4.69, 9.17) is 0 Å². The van der Waals surface area contributed by atoms with Crippen molar-refractivity contribution in [3.05, 3.63) is 65.7 Å². The molecule has 4 rings (SSSR count). The Hall–Kier alpha value is -3.20. The molecule has 1 saturated carbocycles. The molecule has 1 atom stereocenters. The summed E-state index contributed by atoms with van der Waals surface area (Å²) in [7, 11) is -4.13. The van der Waals surface area contributed by atoms with Crippen molar-refractivity contribution in [3.8, 4) is 0 Å².